The van der Waals surface area contributed by atoms with Gasteiger partial charge in [0.2, 0.25) is 0 Å². The summed E-state index contributed by atoms with van der Waals surface area (Å²) in [7, 11) is 2.09. The second kappa shape index (κ2) is 6.32. The maximum atomic E-state index is 12.9. The molecule has 1 aromatic carbocycles. The van der Waals surface area contributed by atoms with Crippen LogP contribution in [0, 0.1) is 5.82 Å². The fourth-order valence-corrected chi connectivity index (χ4v) is 2.60. The lowest BCUT2D eigenvalue weighted by molar-refractivity contribution is 0.184. The van der Waals surface area contributed by atoms with Crippen LogP contribution in [0.25, 0.3) is 0 Å². The van der Waals surface area contributed by atoms with Crippen LogP contribution in [0.2, 0.25) is 0 Å². The molecule has 1 aromatic heterocycles. The minimum Gasteiger partial charge on any atom is -0.315 e. The first-order valence-corrected chi connectivity index (χ1v) is 7.23. The number of fused-ring (bicyclic) bond motifs is 1. The molecule has 0 unspecified atom stereocenters. The normalized spacial score (nSPS) is 15.4. The molecule has 3 rings (SSSR count). The van der Waals surface area contributed by atoms with E-state index >= 15 is 0 Å². The molecule has 0 atom stereocenters. The van der Waals surface area contributed by atoms with Crippen LogP contribution in [-0.2, 0) is 19.6 Å². The van der Waals surface area contributed by atoms with Crippen molar-refractivity contribution >= 4 is 0 Å². The lowest BCUT2D eigenvalue weighted by Gasteiger charge is -2.28. The summed E-state index contributed by atoms with van der Waals surface area (Å²) in [6.07, 6.45) is 1.80. The minimum atomic E-state index is -0.182. The summed E-state index contributed by atoms with van der Waals surface area (Å²) in [5.74, 6) is 0.862. The van der Waals surface area contributed by atoms with Crippen LogP contribution in [-0.4, -0.2) is 51.2 Å². The van der Waals surface area contributed by atoms with Crippen LogP contribution in [0.5, 0.6) is 0 Å². The maximum Gasteiger partial charge on any atom is 0.147 e. The SMILES string of the molecule is CN(CCN1CCn2cnnc2C1)Cc1ccc(F)cc1. The molecule has 21 heavy (non-hydrogen) atoms. The van der Waals surface area contributed by atoms with Crippen LogP contribution in [0.3, 0.4) is 0 Å². The van der Waals surface area contributed by atoms with Crippen molar-refractivity contribution in [3.63, 3.8) is 0 Å². The Morgan fingerprint density at radius 3 is 2.86 bits per heavy atom. The van der Waals surface area contributed by atoms with Gasteiger partial charge in [0, 0.05) is 32.7 Å². The highest BCUT2D eigenvalue weighted by atomic mass is 19.1. The Hall–Kier alpha value is -1.79. The van der Waals surface area contributed by atoms with Crippen molar-refractivity contribution in [2.75, 3.05) is 26.7 Å². The van der Waals surface area contributed by atoms with Gasteiger partial charge in [-0.2, -0.15) is 0 Å². The van der Waals surface area contributed by atoms with Crippen molar-refractivity contribution in [2.24, 2.45) is 0 Å². The number of aromatic nitrogens is 3. The Bertz CT molecular complexity index is 580. The zero-order valence-corrected chi connectivity index (χ0v) is 12.2. The van der Waals surface area contributed by atoms with Crippen molar-refractivity contribution in [1.29, 1.82) is 0 Å². The molecule has 0 saturated carbocycles. The van der Waals surface area contributed by atoms with Gasteiger partial charge in [-0.25, -0.2) is 4.39 Å². The first kappa shape index (κ1) is 14.2. The maximum absolute atomic E-state index is 12.9. The number of likely N-dealkylation sites (N-methyl/N-ethyl adjacent to an activating group) is 1. The molecule has 0 aliphatic carbocycles. The first-order chi connectivity index (χ1) is 10.2. The molecule has 0 N–H and O–H groups in total. The number of nitrogens with zero attached hydrogens (tertiary/aromatic N) is 5. The predicted molar refractivity (Wildman–Crippen MR) is 78.0 cm³/mol. The fourth-order valence-electron chi connectivity index (χ4n) is 2.60. The monoisotopic (exact) mass is 289 g/mol. The minimum absolute atomic E-state index is 0.182. The Morgan fingerprint density at radius 1 is 1.24 bits per heavy atom. The predicted octanol–water partition coefficient (Wildman–Crippen LogP) is 1.36. The summed E-state index contributed by atoms with van der Waals surface area (Å²) in [4.78, 5) is 4.65. The van der Waals surface area contributed by atoms with Crippen molar-refractivity contribution in [3.8, 4) is 0 Å². The molecule has 2 heterocycles. The summed E-state index contributed by atoms with van der Waals surface area (Å²) < 4.78 is 15.0. The zero-order chi connectivity index (χ0) is 14.7. The summed E-state index contributed by atoms with van der Waals surface area (Å²) in [6, 6.07) is 6.71. The zero-order valence-electron chi connectivity index (χ0n) is 12.2. The Kier molecular flexibility index (Phi) is 4.26. The average Bonchev–Trinajstić information content (AvgIpc) is 2.95. The van der Waals surface area contributed by atoms with E-state index in [-0.39, 0.29) is 5.82 Å². The van der Waals surface area contributed by atoms with E-state index in [0.29, 0.717) is 0 Å². The fraction of sp³-hybridized carbons (Fsp3) is 0.467. The van der Waals surface area contributed by atoms with Crippen molar-refractivity contribution in [1.82, 2.24) is 24.6 Å². The summed E-state index contributed by atoms with van der Waals surface area (Å²) in [6.45, 7) is 5.68. The molecule has 6 heteroatoms. The van der Waals surface area contributed by atoms with Gasteiger partial charge >= 0.3 is 0 Å². The highest BCUT2D eigenvalue weighted by Gasteiger charge is 2.17. The number of hydrogen-bond donors (Lipinski definition) is 0. The third kappa shape index (κ3) is 3.65. The third-order valence-electron chi connectivity index (χ3n) is 3.88. The molecule has 5 nitrogen and oxygen atoms in total. The molecule has 112 valence electrons. The van der Waals surface area contributed by atoms with Gasteiger partial charge in [-0.3, -0.25) is 4.90 Å². The van der Waals surface area contributed by atoms with E-state index in [4.69, 9.17) is 0 Å². The van der Waals surface area contributed by atoms with Gasteiger partial charge < -0.3 is 9.47 Å². The molecule has 0 fully saturated rings. The quantitative estimate of drug-likeness (QED) is 0.833. The number of hydrogen-bond acceptors (Lipinski definition) is 4. The first-order valence-electron chi connectivity index (χ1n) is 7.23. The smallest absolute Gasteiger partial charge is 0.147 e. The van der Waals surface area contributed by atoms with Gasteiger partial charge in [0.15, 0.2) is 0 Å². The molecule has 1 aliphatic heterocycles. The van der Waals surface area contributed by atoms with Crippen molar-refractivity contribution in [2.45, 2.75) is 19.6 Å². The van der Waals surface area contributed by atoms with Crippen LogP contribution >= 0.6 is 0 Å². The molecule has 1 aliphatic rings. The molecule has 0 saturated heterocycles. The standard InChI is InChI=1S/C15H20FN5/c1-19(10-13-2-4-14(16)5-3-13)6-7-20-8-9-21-12-17-18-15(21)11-20/h2-5,12H,6-11H2,1H3. The summed E-state index contributed by atoms with van der Waals surface area (Å²) >= 11 is 0. The topological polar surface area (TPSA) is 37.2 Å². The van der Waals surface area contributed by atoms with E-state index in [9.17, 15) is 4.39 Å². The lowest BCUT2D eigenvalue weighted by atomic mass is 10.2. The molecule has 0 amide bonds. The second-order valence-corrected chi connectivity index (χ2v) is 5.58. The van der Waals surface area contributed by atoms with Gasteiger partial charge in [0.05, 0.1) is 6.54 Å². The molecule has 2 aromatic rings. The third-order valence-corrected chi connectivity index (χ3v) is 3.88. The molecular formula is C15H20FN5. The van der Waals surface area contributed by atoms with Crippen LogP contribution in [0.4, 0.5) is 4.39 Å². The van der Waals surface area contributed by atoms with Crippen LogP contribution < -0.4 is 0 Å². The summed E-state index contributed by atoms with van der Waals surface area (Å²) in [5, 5.41) is 8.07. The van der Waals surface area contributed by atoms with Gasteiger partial charge in [0.25, 0.3) is 0 Å². The Morgan fingerprint density at radius 2 is 2.05 bits per heavy atom. The largest absolute Gasteiger partial charge is 0.315 e. The van der Waals surface area contributed by atoms with Crippen molar-refractivity contribution < 1.29 is 4.39 Å². The van der Waals surface area contributed by atoms with Crippen LogP contribution in [0.15, 0.2) is 30.6 Å². The van der Waals surface area contributed by atoms with E-state index in [1.54, 1.807) is 6.33 Å². The Labute approximate surface area is 124 Å². The lowest BCUT2D eigenvalue weighted by Crippen LogP contribution is -2.38. The summed E-state index contributed by atoms with van der Waals surface area (Å²) in [5.41, 5.74) is 1.14. The molecule has 0 radical (unpaired) electrons. The second-order valence-electron chi connectivity index (χ2n) is 5.58. The van der Waals surface area contributed by atoms with Gasteiger partial charge in [-0.1, -0.05) is 12.1 Å². The number of rotatable bonds is 5. The molecule has 0 bridgehead atoms. The van der Waals surface area contributed by atoms with Gasteiger partial charge in [0.1, 0.15) is 18.0 Å². The van der Waals surface area contributed by atoms with E-state index in [0.717, 1.165) is 50.7 Å². The average molecular weight is 289 g/mol. The van der Waals surface area contributed by atoms with E-state index in [2.05, 4.69) is 31.6 Å². The molecular weight excluding hydrogens is 269 g/mol. The highest BCUT2D eigenvalue weighted by molar-refractivity contribution is 5.15. The Balaban J connectivity index is 1.46. The highest BCUT2D eigenvalue weighted by Crippen LogP contribution is 2.09. The van der Waals surface area contributed by atoms with E-state index < -0.39 is 0 Å². The van der Waals surface area contributed by atoms with Gasteiger partial charge in [-0.15, -0.1) is 10.2 Å². The van der Waals surface area contributed by atoms with E-state index in [1.165, 1.54) is 12.1 Å². The molecule has 0 spiro atoms. The number of halogens is 1. The van der Waals surface area contributed by atoms with Crippen molar-refractivity contribution in [3.05, 3.63) is 47.8 Å². The van der Waals surface area contributed by atoms with Gasteiger partial charge in [-0.05, 0) is 24.7 Å². The van der Waals surface area contributed by atoms with Crippen LogP contribution in [0.1, 0.15) is 11.4 Å². The van der Waals surface area contributed by atoms with E-state index in [1.807, 2.05) is 12.1 Å². The number of benzene rings is 1.